The Kier molecular flexibility index (Phi) is 5.24. The van der Waals surface area contributed by atoms with Gasteiger partial charge in [0.05, 0.1) is 5.52 Å². The van der Waals surface area contributed by atoms with E-state index in [4.69, 9.17) is 16.5 Å². The molecule has 0 radical (unpaired) electrons. The summed E-state index contributed by atoms with van der Waals surface area (Å²) in [6.07, 6.45) is 0.337. The molecule has 0 bridgehead atoms. The second-order valence-corrected chi connectivity index (χ2v) is 8.73. The zero-order chi connectivity index (χ0) is 21.5. The van der Waals surface area contributed by atoms with Crippen LogP contribution in [0.3, 0.4) is 0 Å². The van der Waals surface area contributed by atoms with E-state index in [2.05, 4.69) is 6.07 Å². The second-order valence-electron chi connectivity index (χ2n) is 8.73. The Balaban J connectivity index is 1.80. The molecule has 4 N–H and O–H groups in total. The number of hydrogen-bond donors (Lipinski definition) is 2. The molecule has 1 unspecified atom stereocenters. The molecular formula is C24H28F2N4. The Morgan fingerprint density at radius 1 is 1.17 bits per heavy atom. The first-order valence-electron chi connectivity index (χ1n) is 10.3. The van der Waals surface area contributed by atoms with E-state index in [1.165, 1.54) is 6.07 Å². The van der Waals surface area contributed by atoms with Crippen LogP contribution in [0.2, 0.25) is 0 Å². The molecule has 0 spiro atoms. The van der Waals surface area contributed by atoms with Gasteiger partial charge in [-0.15, -0.1) is 0 Å². The van der Waals surface area contributed by atoms with E-state index in [1.807, 2.05) is 43.0 Å². The molecule has 1 aliphatic rings. The van der Waals surface area contributed by atoms with E-state index < -0.39 is 11.5 Å². The van der Waals surface area contributed by atoms with Crippen molar-refractivity contribution < 1.29 is 8.78 Å². The molecule has 0 saturated carbocycles. The van der Waals surface area contributed by atoms with Gasteiger partial charge in [0.1, 0.15) is 5.82 Å². The van der Waals surface area contributed by atoms with Crippen LogP contribution < -0.4 is 16.4 Å². The average Bonchev–Trinajstić information content (AvgIpc) is 2.84. The third-order valence-electron chi connectivity index (χ3n) is 5.89. The Labute approximate surface area is 175 Å². The van der Waals surface area contributed by atoms with E-state index in [-0.39, 0.29) is 18.5 Å². The summed E-state index contributed by atoms with van der Waals surface area (Å²) in [6, 6.07) is 14.9. The van der Waals surface area contributed by atoms with Gasteiger partial charge in [0, 0.05) is 42.5 Å². The summed E-state index contributed by atoms with van der Waals surface area (Å²) < 4.78 is 29.4. The summed E-state index contributed by atoms with van der Waals surface area (Å²) in [5, 5.41) is 1.03. The summed E-state index contributed by atoms with van der Waals surface area (Å²) in [4.78, 5) is 6.77. The number of rotatable bonds is 4. The van der Waals surface area contributed by atoms with Gasteiger partial charge < -0.3 is 16.4 Å². The fourth-order valence-electron chi connectivity index (χ4n) is 4.11. The van der Waals surface area contributed by atoms with E-state index in [1.54, 1.807) is 12.1 Å². The highest BCUT2D eigenvalue weighted by molar-refractivity contribution is 5.85. The number of hydrogen-bond acceptors (Lipinski definition) is 4. The summed E-state index contributed by atoms with van der Waals surface area (Å²) in [7, 11) is 0. The van der Waals surface area contributed by atoms with Crippen molar-refractivity contribution in [3.63, 3.8) is 0 Å². The topological polar surface area (TPSA) is 68.2 Å². The maximum atomic E-state index is 14.7. The zero-order valence-corrected chi connectivity index (χ0v) is 17.5. The van der Waals surface area contributed by atoms with Crippen LogP contribution >= 0.6 is 0 Å². The number of alkyl halides is 2. The number of pyridine rings is 1. The lowest BCUT2D eigenvalue weighted by atomic mass is 9.91. The summed E-state index contributed by atoms with van der Waals surface area (Å²) in [6.45, 7) is 4.93. The molecule has 2 aromatic carbocycles. The van der Waals surface area contributed by atoms with Crippen molar-refractivity contribution in [1.82, 2.24) is 4.98 Å². The molecule has 4 nitrogen and oxygen atoms in total. The van der Waals surface area contributed by atoms with Crippen molar-refractivity contribution in [2.24, 2.45) is 11.5 Å². The van der Waals surface area contributed by atoms with Crippen LogP contribution in [-0.2, 0) is 18.9 Å². The standard InChI is InChI=1S/C24H28F2N4/c1-16-7-8-21-19(11-16)18(13-23(2,28)15-27)12-22(29-21)30-10-9-24(25,26)20-6-4-3-5-17(20)14-30/h3-8,11-12H,9-10,13-15,27-28H2,1-2H3. The number of anilines is 1. The largest absolute Gasteiger partial charge is 0.352 e. The first-order valence-corrected chi connectivity index (χ1v) is 10.3. The van der Waals surface area contributed by atoms with Gasteiger partial charge in [-0.3, -0.25) is 0 Å². The Morgan fingerprint density at radius 3 is 2.70 bits per heavy atom. The van der Waals surface area contributed by atoms with Crippen molar-refractivity contribution in [1.29, 1.82) is 0 Å². The van der Waals surface area contributed by atoms with Gasteiger partial charge in [-0.2, -0.15) is 0 Å². The molecule has 0 aliphatic carbocycles. The van der Waals surface area contributed by atoms with Gasteiger partial charge in [-0.1, -0.05) is 35.9 Å². The molecule has 158 valence electrons. The van der Waals surface area contributed by atoms with E-state index >= 15 is 0 Å². The number of nitrogens with two attached hydrogens (primary N) is 2. The van der Waals surface area contributed by atoms with Gasteiger partial charge in [-0.05, 0) is 49.6 Å². The van der Waals surface area contributed by atoms with Crippen LogP contribution in [0.1, 0.15) is 35.6 Å². The third-order valence-corrected chi connectivity index (χ3v) is 5.89. The number of fused-ring (bicyclic) bond motifs is 2. The lowest BCUT2D eigenvalue weighted by Gasteiger charge is -2.26. The molecule has 1 aromatic heterocycles. The Bertz CT molecular complexity index is 1080. The SMILES string of the molecule is Cc1ccc2nc(N3CCC(F)(F)c4ccccc4C3)cc(CC(C)(N)CN)c2c1. The second kappa shape index (κ2) is 7.60. The number of halogens is 2. The molecule has 0 saturated heterocycles. The number of aryl methyl sites for hydroxylation is 1. The fourth-order valence-corrected chi connectivity index (χ4v) is 4.11. The minimum atomic E-state index is -2.85. The van der Waals surface area contributed by atoms with Crippen LogP contribution in [0.15, 0.2) is 48.5 Å². The van der Waals surface area contributed by atoms with Gasteiger partial charge in [-0.25, -0.2) is 13.8 Å². The molecule has 1 aliphatic heterocycles. The van der Waals surface area contributed by atoms with Crippen molar-refractivity contribution in [2.45, 2.75) is 44.7 Å². The fraction of sp³-hybridized carbons (Fsp3) is 0.375. The normalized spacial score (nSPS) is 18.0. The number of aromatic nitrogens is 1. The van der Waals surface area contributed by atoms with Gasteiger partial charge >= 0.3 is 0 Å². The summed E-state index contributed by atoms with van der Waals surface area (Å²) in [5.41, 5.74) is 15.4. The number of nitrogens with zero attached hydrogens (tertiary/aromatic N) is 2. The molecule has 0 amide bonds. The zero-order valence-electron chi connectivity index (χ0n) is 17.5. The average molecular weight is 411 g/mol. The molecule has 4 rings (SSSR count). The van der Waals surface area contributed by atoms with Crippen molar-refractivity contribution in [3.05, 3.63) is 70.8 Å². The summed E-state index contributed by atoms with van der Waals surface area (Å²) >= 11 is 0. The lowest BCUT2D eigenvalue weighted by molar-refractivity contribution is -0.00967. The smallest absolute Gasteiger partial charge is 0.275 e. The van der Waals surface area contributed by atoms with Crippen LogP contribution in [0.5, 0.6) is 0 Å². The quantitative estimate of drug-likeness (QED) is 0.674. The van der Waals surface area contributed by atoms with Crippen molar-refractivity contribution in [2.75, 3.05) is 18.0 Å². The van der Waals surface area contributed by atoms with E-state index in [0.717, 1.165) is 22.0 Å². The van der Waals surface area contributed by atoms with Crippen LogP contribution in [-0.4, -0.2) is 23.6 Å². The Hall–Kier alpha value is -2.57. The highest BCUT2D eigenvalue weighted by Crippen LogP contribution is 2.38. The highest BCUT2D eigenvalue weighted by Gasteiger charge is 2.37. The monoisotopic (exact) mass is 410 g/mol. The molecule has 2 heterocycles. The van der Waals surface area contributed by atoms with Crippen molar-refractivity contribution >= 4 is 16.7 Å². The maximum absolute atomic E-state index is 14.7. The molecule has 1 atom stereocenters. The molecule has 30 heavy (non-hydrogen) atoms. The van der Waals surface area contributed by atoms with Gasteiger partial charge in [0.25, 0.3) is 5.92 Å². The lowest BCUT2D eigenvalue weighted by Crippen LogP contribution is -2.45. The predicted octanol–water partition coefficient (Wildman–Crippen LogP) is 4.26. The number of benzene rings is 2. The first-order chi connectivity index (χ1) is 14.2. The van der Waals surface area contributed by atoms with E-state index in [9.17, 15) is 8.78 Å². The third kappa shape index (κ3) is 4.02. The van der Waals surface area contributed by atoms with Crippen LogP contribution in [0.25, 0.3) is 10.9 Å². The summed E-state index contributed by atoms with van der Waals surface area (Å²) in [5.74, 6) is -2.15. The van der Waals surface area contributed by atoms with Gasteiger partial charge in [0.2, 0.25) is 0 Å². The minimum absolute atomic E-state index is 0.113. The molecular weight excluding hydrogens is 382 g/mol. The molecule has 0 fully saturated rings. The molecule has 6 heteroatoms. The highest BCUT2D eigenvalue weighted by atomic mass is 19.3. The van der Waals surface area contributed by atoms with Gasteiger partial charge in [0.15, 0.2) is 0 Å². The maximum Gasteiger partial charge on any atom is 0.275 e. The first kappa shape index (κ1) is 20.7. The van der Waals surface area contributed by atoms with Crippen LogP contribution in [0, 0.1) is 6.92 Å². The van der Waals surface area contributed by atoms with Crippen molar-refractivity contribution in [3.8, 4) is 0 Å². The van der Waals surface area contributed by atoms with E-state index in [0.29, 0.717) is 30.9 Å². The molecule has 3 aromatic rings. The Morgan fingerprint density at radius 2 is 1.93 bits per heavy atom. The minimum Gasteiger partial charge on any atom is -0.352 e. The predicted molar refractivity (Wildman–Crippen MR) is 118 cm³/mol. The van der Waals surface area contributed by atoms with Crippen LogP contribution in [0.4, 0.5) is 14.6 Å².